The van der Waals surface area contributed by atoms with E-state index in [9.17, 15) is 5.11 Å². The van der Waals surface area contributed by atoms with Crippen molar-refractivity contribution in [2.24, 2.45) is 5.16 Å². The van der Waals surface area contributed by atoms with Gasteiger partial charge in [0.2, 0.25) is 0 Å². The minimum absolute atomic E-state index is 0.101. The Balaban J connectivity index is 2.22. The third kappa shape index (κ3) is 3.04. The summed E-state index contributed by atoms with van der Waals surface area (Å²) in [7, 11) is 1.61. The maximum absolute atomic E-state index is 9.76. The molecule has 2 aromatic carbocycles. The monoisotopic (exact) mass is 257 g/mol. The van der Waals surface area contributed by atoms with Crippen LogP contribution in [0.15, 0.2) is 53.7 Å². The van der Waals surface area contributed by atoms with Crippen molar-refractivity contribution < 1.29 is 15.1 Å². The molecule has 0 aliphatic rings. The Morgan fingerprint density at radius 3 is 2.37 bits per heavy atom. The highest BCUT2D eigenvalue weighted by atomic mass is 16.5. The lowest BCUT2D eigenvalue weighted by Gasteiger charge is -2.07. The van der Waals surface area contributed by atoms with Gasteiger partial charge in [0.1, 0.15) is 11.5 Å². The van der Waals surface area contributed by atoms with Gasteiger partial charge >= 0.3 is 0 Å². The molecule has 0 atom stereocenters. The summed E-state index contributed by atoms with van der Waals surface area (Å²) in [6.07, 6.45) is 0.429. The molecule has 98 valence electrons. The van der Waals surface area contributed by atoms with E-state index in [1.807, 2.05) is 24.3 Å². The van der Waals surface area contributed by atoms with E-state index >= 15 is 0 Å². The number of hydrogen-bond donors (Lipinski definition) is 2. The third-order valence-corrected chi connectivity index (χ3v) is 2.87. The summed E-state index contributed by atoms with van der Waals surface area (Å²) < 4.78 is 5.08. The fourth-order valence-electron chi connectivity index (χ4n) is 1.84. The Morgan fingerprint density at radius 2 is 1.79 bits per heavy atom. The fraction of sp³-hybridized carbons (Fsp3) is 0.133. The van der Waals surface area contributed by atoms with Crippen LogP contribution in [-0.4, -0.2) is 23.1 Å². The van der Waals surface area contributed by atoms with Gasteiger partial charge in [-0.25, -0.2) is 0 Å². The van der Waals surface area contributed by atoms with Crippen molar-refractivity contribution in [3.05, 3.63) is 59.7 Å². The summed E-state index contributed by atoms with van der Waals surface area (Å²) in [6.45, 7) is 0. The van der Waals surface area contributed by atoms with Gasteiger partial charge in [0, 0.05) is 12.0 Å². The van der Waals surface area contributed by atoms with Crippen LogP contribution in [-0.2, 0) is 6.42 Å². The van der Waals surface area contributed by atoms with Gasteiger partial charge in [-0.3, -0.25) is 0 Å². The molecule has 0 saturated carbocycles. The van der Waals surface area contributed by atoms with E-state index in [4.69, 9.17) is 9.94 Å². The highest BCUT2D eigenvalue weighted by Gasteiger charge is 2.10. The van der Waals surface area contributed by atoms with Crippen LogP contribution in [0.2, 0.25) is 0 Å². The number of para-hydroxylation sites is 1. The minimum atomic E-state index is 0.101. The van der Waals surface area contributed by atoms with Crippen molar-refractivity contribution in [1.29, 1.82) is 0 Å². The molecule has 4 heteroatoms. The van der Waals surface area contributed by atoms with E-state index in [1.165, 1.54) is 0 Å². The first-order valence-electron chi connectivity index (χ1n) is 5.87. The molecule has 0 bridgehead atoms. The second-order valence-electron chi connectivity index (χ2n) is 4.09. The largest absolute Gasteiger partial charge is 0.507 e. The molecule has 0 aromatic heterocycles. The first kappa shape index (κ1) is 13.0. The molecule has 2 rings (SSSR count). The standard InChI is InChI=1S/C15H15NO3/c1-19-12-8-6-11(7-9-12)10-14(16-18)13-4-2-3-5-15(13)17/h2-9,17-18H,10H2,1H3/b16-14+. The minimum Gasteiger partial charge on any atom is -0.507 e. The first-order chi connectivity index (χ1) is 9.24. The van der Waals surface area contributed by atoms with Crippen molar-refractivity contribution in [3.63, 3.8) is 0 Å². The number of ether oxygens (including phenoxy) is 1. The van der Waals surface area contributed by atoms with Gasteiger partial charge in [-0.15, -0.1) is 0 Å². The zero-order valence-corrected chi connectivity index (χ0v) is 10.6. The lowest BCUT2D eigenvalue weighted by Crippen LogP contribution is -2.05. The van der Waals surface area contributed by atoms with Gasteiger partial charge in [-0.1, -0.05) is 29.4 Å². The van der Waals surface area contributed by atoms with Crippen molar-refractivity contribution in [1.82, 2.24) is 0 Å². The molecular formula is C15H15NO3. The number of nitrogens with zero attached hydrogens (tertiary/aromatic N) is 1. The quantitative estimate of drug-likeness (QED) is 0.503. The second-order valence-corrected chi connectivity index (χ2v) is 4.09. The maximum atomic E-state index is 9.76. The molecule has 2 aromatic rings. The fourth-order valence-corrected chi connectivity index (χ4v) is 1.84. The molecule has 0 spiro atoms. The topological polar surface area (TPSA) is 62.0 Å². The van der Waals surface area contributed by atoms with Gasteiger partial charge < -0.3 is 15.1 Å². The predicted molar refractivity (Wildman–Crippen MR) is 73.1 cm³/mol. The number of hydrogen-bond acceptors (Lipinski definition) is 4. The van der Waals surface area contributed by atoms with Crippen molar-refractivity contribution in [2.75, 3.05) is 7.11 Å². The molecule has 4 nitrogen and oxygen atoms in total. The van der Waals surface area contributed by atoms with Crippen molar-refractivity contribution in [2.45, 2.75) is 6.42 Å². The van der Waals surface area contributed by atoms with Gasteiger partial charge in [0.05, 0.1) is 12.8 Å². The summed E-state index contributed by atoms with van der Waals surface area (Å²) in [6, 6.07) is 14.3. The molecule has 0 radical (unpaired) electrons. The van der Waals surface area contributed by atoms with Crippen molar-refractivity contribution in [3.8, 4) is 11.5 Å². The average molecular weight is 257 g/mol. The maximum Gasteiger partial charge on any atom is 0.124 e. The van der Waals surface area contributed by atoms with Crippen LogP contribution in [0.25, 0.3) is 0 Å². The molecule has 0 fully saturated rings. The highest BCUT2D eigenvalue weighted by molar-refractivity contribution is 6.03. The Hall–Kier alpha value is -2.49. The van der Waals surface area contributed by atoms with Crippen LogP contribution in [0.3, 0.4) is 0 Å². The molecule has 0 unspecified atom stereocenters. The Labute approximate surface area is 111 Å². The van der Waals surface area contributed by atoms with E-state index in [-0.39, 0.29) is 5.75 Å². The van der Waals surface area contributed by atoms with E-state index < -0.39 is 0 Å². The van der Waals surface area contributed by atoms with Gasteiger partial charge in [-0.05, 0) is 29.8 Å². The summed E-state index contributed by atoms with van der Waals surface area (Å²) in [5.74, 6) is 0.873. The summed E-state index contributed by atoms with van der Waals surface area (Å²) >= 11 is 0. The molecule has 0 aliphatic heterocycles. The summed E-state index contributed by atoms with van der Waals surface area (Å²) in [5, 5.41) is 22.2. The smallest absolute Gasteiger partial charge is 0.124 e. The van der Waals surface area contributed by atoms with Crippen LogP contribution in [0.4, 0.5) is 0 Å². The van der Waals surface area contributed by atoms with Crippen LogP contribution in [0.1, 0.15) is 11.1 Å². The van der Waals surface area contributed by atoms with Crippen LogP contribution in [0, 0.1) is 0 Å². The van der Waals surface area contributed by atoms with Gasteiger partial charge in [0.25, 0.3) is 0 Å². The number of oxime groups is 1. The number of benzene rings is 2. The molecule has 0 amide bonds. The number of rotatable bonds is 4. The van der Waals surface area contributed by atoms with E-state index in [0.717, 1.165) is 11.3 Å². The van der Waals surface area contributed by atoms with Crippen LogP contribution < -0.4 is 4.74 Å². The van der Waals surface area contributed by atoms with E-state index in [0.29, 0.717) is 17.7 Å². The Bertz CT molecular complexity index is 576. The zero-order valence-electron chi connectivity index (χ0n) is 10.6. The molecule has 0 saturated heterocycles. The molecular weight excluding hydrogens is 242 g/mol. The summed E-state index contributed by atoms with van der Waals surface area (Å²) in [5.41, 5.74) is 1.92. The number of phenols is 1. The summed E-state index contributed by atoms with van der Waals surface area (Å²) in [4.78, 5) is 0. The van der Waals surface area contributed by atoms with E-state index in [2.05, 4.69) is 5.16 Å². The predicted octanol–water partition coefficient (Wildman–Crippen LogP) is 2.82. The lowest BCUT2D eigenvalue weighted by atomic mass is 10.0. The first-order valence-corrected chi connectivity index (χ1v) is 5.87. The Morgan fingerprint density at radius 1 is 1.11 bits per heavy atom. The SMILES string of the molecule is COc1ccc(C/C(=N\O)c2ccccc2O)cc1. The lowest BCUT2D eigenvalue weighted by molar-refractivity contribution is 0.318. The van der Waals surface area contributed by atoms with Gasteiger partial charge in [0.15, 0.2) is 0 Å². The normalized spacial score (nSPS) is 11.3. The van der Waals surface area contributed by atoms with Crippen LogP contribution in [0.5, 0.6) is 11.5 Å². The molecule has 2 N–H and O–H groups in total. The number of phenolic OH excluding ortho intramolecular Hbond substituents is 1. The highest BCUT2D eigenvalue weighted by Crippen LogP contribution is 2.20. The van der Waals surface area contributed by atoms with E-state index in [1.54, 1.807) is 31.4 Å². The molecule has 19 heavy (non-hydrogen) atoms. The zero-order chi connectivity index (χ0) is 13.7. The third-order valence-electron chi connectivity index (χ3n) is 2.87. The molecule has 0 aliphatic carbocycles. The number of aromatic hydroxyl groups is 1. The Kier molecular flexibility index (Phi) is 4.03. The average Bonchev–Trinajstić information content (AvgIpc) is 2.46. The van der Waals surface area contributed by atoms with Crippen LogP contribution >= 0.6 is 0 Å². The molecule has 0 heterocycles. The second kappa shape index (κ2) is 5.91. The van der Waals surface area contributed by atoms with Gasteiger partial charge in [-0.2, -0.15) is 0 Å². The number of methoxy groups -OCH3 is 1. The van der Waals surface area contributed by atoms with Crippen molar-refractivity contribution >= 4 is 5.71 Å².